The first-order chi connectivity index (χ1) is 25.5. The second kappa shape index (κ2) is 14.4. The Kier molecular flexibility index (Phi) is 9.88. The van der Waals surface area contributed by atoms with Crippen LogP contribution in [0, 0.1) is 11.8 Å². The Morgan fingerprint density at radius 2 is 1.49 bits per heavy atom. The molecule has 5 aromatic carbocycles. The quantitative estimate of drug-likeness (QED) is 0.0475. The van der Waals surface area contributed by atoms with Crippen molar-refractivity contribution in [3.63, 3.8) is 0 Å². The number of hydrogen-bond acceptors (Lipinski definition) is 11. The van der Waals surface area contributed by atoms with Gasteiger partial charge in [0.25, 0.3) is 0 Å². The van der Waals surface area contributed by atoms with Crippen LogP contribution in [0.2, 0.25) is 0 Å². The molecule has 53 heavy (non-hydrogen) atoms. The number of carboxylic acid groups (broad SMARTS) is 1. The lowest BCUT2D eigenvalue weighted by Crippen LogP contribution is -2.25. The molecule has 0 saturated heterocycles. The van der Waals surface area contributed by atoms with Crippen LogP contribution in [0.15, 0.2) is 27.3 Å². The van der Waals surface area contributed by atoms with Crippen LogP contribution in [0.25, 0.3) is 49.2 Å². The molecule has 0 bridgehead atoms. The van der Waals surface area contributed by atoms with E-state index in [9.17, 15) is 39.6 Å². The smallest absolute Gasteiger partial charge is 0.322 e. The zero-order valence-electron chi connectivity index (χ0n) is 30.0. The number of rotatable bonds is 13. The number of aliphatic hydroxyl groups is 2. The molecule has 2 aliphatic rings. The summed E-state index contributed by atoms with van der Waals surface area (Å²) in [5, 5.41) is 49.2. The highest BCUT2D eigenvalue weighted by Crippen LogP contribution is 2.54. The number of hydrogen-bond donors (Lipinski definition) is 5. The molecule has 2 aliphatic carbocycles. The number of aliphatic carboxylic acids is 1. The number of methoxy groups -OCH3 is 2. The SMILES string of the molecule is COCCOC(=O)C1CCC(CCc2c(NCC(=O)O)c3c(=O)cc(CO)c4c5c(CO)cc(=O)c6c(O)c(OC)c7c(c(c2C=C(C)C7)c34)c65)CC1. The first-order valence-electron chi connectivity index (χ1n) is 18.0. The van der Waals surface area contributed by atoms with E-state index in [0.717, 1.165) is 29.5 Å². The molecular formula is C41H43NO11. The fourth-order valence-corrected chi connectivity index (χ4v) is 8.98. The van der Waals surface area contributed by atoms with Crippen molar-refractivity contribution in [2.45, 2.75) is 65.1 Å². The fraction of sp³-hybridized carbons (Fsp3) is 0.415. The number of esters is 1. The molecule has 0 radical (unpaired) electrons. The summed E-state index contributed by atoms with van der Waals surface area (Å²) < 4.78 is 16.2. The summed E-state index contributed by atoms with van der Waals surface area (Å²) in [5.74, 6) is -1.44. The molecule has 0 heterocycles. The topological polar surface area (TPSA) is 189 Å². The number of carbonyl (C=O) groups excluding carboxylic acids is 1. The molecule has 1 saturated carbocycles. The number of fused-ring (bicyclic) bond motifs is 1. The second-order valence-electron chi connectivity index (χ2n) is 14.3. The van der Waals surface area contributed by atoms with Crippen LogP contribution in [0.3, 0.4) is 0 Å². The minimum absolute atomic E-state index is 0.0133. The number of aromatic hydroxyl groups is 1. The van der Waals surface area contributed by atoms with Crippen LogP contribution < -0.4 is 20.9 Å². The number of benzene rings is 5. The highest BCUT2D eigenvalue weighted by Gasteiger charge is 2.33. The number of phenolic OH excluding ortho intramolecular Hbond substituents is 1. The van der Waals surface area contributed by atoms with Gasteiger partial charge in [-0.25, -0.2) is 0 Å². The number of carboxylic acids is 1. The van der Waals surface area contributed by atoms with Gasteiger partial charge in [0.2, 0.25) is 0 Å². The highest BCUT2D eigenvalue weighted by molar-refractivity contribution is 6.38. The van der Waals surface area contributed by atoms with Crippen LogP contribution in [0.5, 0.6) is 11.5 Å². The molecule has 0 atom stereocenters. The summed E-state index contributed by atoms with van der Waals surface area (Å²) in [5.41, 5.74) is 3.00. The summed E-state index contributed by atoms with van der Waals surface area (Å²) in [7, 11) is 2.98. The van der Waals surface area contributed by atoms with Crippen LogP contribution >= 0.6 is 0 Å². The van der Waals surface area contributed by atoms with Gasteiger partial charge < -0.3 is 40.0 Å². The lowest BCUT2D eigenvalue weighted by molar-refractivity contribution is -0.151. The van der Waals surface area contributed by atoms with Gasteiger partial charge in [-0.1, -0.05) is 11.6 Å². The van der Waals surface area contributed by atoms with Crippen molar-refractivity contribution >= 4 is 66.8 Å². The average molecular weight is 726 g/mol. The van der Waals surface area contributed by atoms with E-state index in [1.807, 2.05) is 13.0 Å². The molecular weight excluding hydrogens is 682 g/mol. The van der Waals surface area contributed by atoms with Crippen LogP contribution in [0.1, 0.15) is 66.8 Å². The van der Waals surface area contributed by atoms with Crippen LogP contribution in [-0.4, -0.2) is 66.3 Å². The van der Waals surface area contributed by atoms with Crippen molar-refractivity contribution in [3.05, 3.63) is 66.0 Å². The number of ether oxygens (including phenoxy) is 3. The Balaban J connectivity index is 1.52. The van der Waals surface area contributed by atoms with Gasteiger partial charge in [0.05, 0.1) is 49.3 Å². The van der Waals surface area contributed by atoms with E-state index in [0.29, 0.717) is 82.3 Å². The van der Waals surface area contributed by atoms with E-state index in [1.165, 1.54) is 19.2 Å². The maximum atomic E-state index is 14.3. The summed E-state index contributed by atoms with van der Waals surface area (Å²) in [6.45, 7) is 0.985. The van der Waals surface area contributed by atoms with Crippen molar-refractivity contribution in [3.8, 4) is 11.5 Å². The first kappa shape index (κ1) is 36.3. The Labute approximate surface area is 304 Å². The first-order valence-corrected chi connectivity index (χ1v) is 18.0. The predicted molar refractivity (Wildman–Crippen MR) is 202 cm³/mol. The summed E-state index contributed by atoms with van der Waals surface area (Å²) in [6, 6.07) is 2.59. The van der Waals surface area contributed by atoms with Crippen molar-refractivity contribution in [2.24, 2.45) is 11.8 Å². The van der Waals surface area contributed by atoms with E-state index in [2.05, 4.69) is 5.32 Å². The van der Waals surface area contributed by atoms with Crippen molar-refractivity contribution in [1.29, 1.82) is 0 Å². The van der Waals surface area contributed by atoms with E-state index in [1.54, 1.807) is 7.11 Å². The molecule has 5 N–H and O–H groups in total. The summed E-state index contributed by atoms with van der Waals surface area (Å²) in [6.07, 6.45) is 6.48. The van der Waals surface area contributed by atoms with Gasteiger partial charge in [-0.15, -0.1) is 0 Å². The van der Waals surface area contributed by atoms with Crippen LogP contribution in [0.4, 0.5) is 5.69 Å². The molecule has 0 aliphatic heterocycles. The minimum atomic E-state index is -1.11. The zero-order valence-corrected chi connectivity index (χ0v) is 30.0. The lowest BCUT2D eigenvalue weighted by Gasteiger charge is -2.28. The Hall–Kier alpha value is -5.04. The molecule has 7 rings (SSSR count). The third-order valence-corrected chi connectivity index (χ3v) is 11.2. The molecule has 12 nitrogen and oxygen atoms in total. The van der Waals surface area contributed by atoms with Gasteiger partial charge >= 0.3 is 11.9 Å². The van der Waals surface area contributed by atoms with Gasteiger partial charge in [-0.3, -0.25) is 19.2 Å². The Morgan fingerprint density at radius 1 is 0.849 bits per heavy atom. The minimum Gasteiger partial charge on any atom is -0.504 e. The molecule has 0 unspecified atom stereocenters. The molecule has 0 amide bonds. The lowest BCUT2D eigenvalue weighted by atomic mass is 9.77. The molecule has 12 heteroatoms. The number of aliphatic hydroxyl groups excluding tert-OH is 2. The molecule has 5 aromatic rings. The van der Waals surface area contributed by atoms with E-state index in [-0.39, 0.29) is 57.8 Å². The molecule has 278 valence electrons. The number of nitrogens with one attached hydrogen (secondary N) is 1. The van der Waals surface area contributed by atoms with Crippen molar-refractivity contribution in [2.75, 3.05) is 39.3 Å². The zero-order chi connectivity index (χ0) is 37.7. The van der Waals surface area contributed by atoms with Gasteiger partial charge in [0, 0.05) is 23.4 Å². The predicted octanol–water partition coefficient (Wildman–Crippen LogP) is 4.98. The van der Waals surface area contributed by atoms with E-state index >= 15 is 0 Å². The summed E-state index contributed by atoms with van der Waals surface area (Å²) in [4.78, 5) is 52.7. The van der Waals surface area contributed by atoms with Gasteiger partial charge in [-0.2, -0.15) is 0 Å². The highest BCUT2D eigenvalue weighted by atomic mass is 16.6. The van der Waals surface area contributed by atoms with Gasteiger partial charge in [0.1, 0.15) is 13.2 Å². The fourth-order valence-electron chi connectivity index (χ4n) is 8.98. The molecule has 1 fully saturated rings. The van der Waals surface area contributed by atoms with E-state index in [4.69, 9.17) is 14.2 Å². The van der Waals surface area contributed by atoms with Crippen molar-refractivity contribution < 1.29 is 44.2 Å². The number of anilines is 1. The van der Waals surface area contributed by atoms with Crippen molar-refractivity contribution in [1.82, 2.24) is 0 Å². The maximum absolute atomic E-state index is 14.3. The number of carbonyl (C=O) groups is 2. The Morgan fingerprint density at radius 3 is 2.09 bits per heavy atom. The Bertz CT molecular complexity index is 2430. The maximum Gasteiger partial charge on any atom is 0.322 e. The third kappa shape index (κ3) is 5.98. The summed E-state index contributed by atoms with van der Waals surface area (Å²) >= 11 is 0. The third-order valence-electron chi connectivity index (χ3n) is 11.2. The standard InChI is InChI=1S/C41H43NO11/c1-19-12-25-24(9-6-20-4-7-21(8-5-20)41(50)53-11-10-51-2)38(42-16-29(47)48)34-27(45)14-22(17-43)30-31-23(18-44)15-28(46)35-37(31)33(32(25)36(30)34)26(13-19)40(52-3)39(35)49/h12,14-15,20-21,42-44,49H,4-11,13,16-18H2,1-3H3,(H,47,48). The second-order valence-corrected chi connectivity index (χ2v) is 14.3. The van der Waals surface area contributed by atoms with Gasteiger partial charge in [-0.05, 0) is 114 Å². The van der Waals surface area contributed by atoms with Gasteiger partial charge in [0.15, 0.2) is 22.4 Å². The monoisotopic (exact) mass is 725 g/mol. The number of phenols is 1. The average Bonchev–Trinajstić information content (AvgIpc) is 3.29. The molecule has 0 aromatic heterocycles. The number of allylic oxidation sites excluding steroid dienone is 1. The largest absolute Gasteiger partial charge is 0.504 e. The molecule has 0 spiro atoms. The van der Waals surface area contributed by atoms with Crippen LogP contribution in [-0.2, 0) is 45.1 Å². The van der Waals surface area contributed by atoms with E-state index < -0.39 is 36.6 Å². The normalized spacial score (nSPS) is 17.2.